The number of hydrogen-bond donors (Lipinski definition) is 2. The van der Waals surface area contributed by atoms with E-state index in [1.165, 1.54) is 41.2 Å². The number of nitrogens with two attached hydrogens (primary N) is 1. The molecule has 2 aromatic heterocycles. The van der Waals surface area contributed by atoms with E-state index in [9.17, 15) is 18.0 Å². The summed E-state index contributed by atoms with van der Waals surface area (Å²) in [6, 6.07) is 8.61. The van der Waals surface area contributed by atoms with E-state index in [0.29, 0.717) is 5.56 Å². The molecular weight excluding hydrogens is 423 g/mol. The molecule has 3 N–H and O–H groups in total. The summed E-state index contributed by atoms with van der Waals surface area (Å²) in [5.74, 6) is -1.74. The monoisotopic (exact) mass is 439 g/mol. The summed E-state index contributed by atoms with van der Waals surface area (Å²) >= 11 is 0. The smallest absolute Gasteiger partial charge is 0.295 e. The minimum atomic E-state index is -2.84. The Morgan fingerprint density at radius 1 is 1.28 bits per heavy atom. The Hall–Kier alpha value is -4.20. The molecule has 0 saturated carbocycles. The van der Waals surface area contributed by atoms with Crippen LogP contribution in [0.5, 0.6) is 0 Å². The minimum Gasteiger partial charge on any atom is -0.382 e. The van der Waals surface area contributed by atoms with Crippen molar-refractivity contribution in [2.24, 2.45) is 10.7 Å². The second kappa shape index (κ2) is 7.81. The van der Waals surface area contributed by atoms with Gasteiger partial charge in [-0.2, -0.15) is 5.26 Å². The lowest BCUT2D eigenvalue weighted by atomic mass is 9.90. The molecule has 11 heteroatoms. The second-order valence-corrected chi connectivity index (χ2v) is 7.35. The van der Waals surface area contributed by atoms with Gasteiger partial charge in [0.1, 0.15) is 34.6 Å². The van der Waals surface area contributed by atoms with Gasteiger partial charge >= 0.3 is 0 Å². The van der Waals surface area contributed by atoms with Crippen molar-refractivity contribution in [1.29, 1.82) is 5.26 Å². The number of alkyl halides is 2. The summed E-state index contributed by atoms with van der Waals surface area (Å²) in [7, 11) is 0. The highest BCUT2D eigenvalue weighted by atomic mass is 19.3. The number of aromatic nitrogens is 3. The van der Waals surface area contributed by atoms with Gasteiger partial charge in [0.2, 0.25) is 0 Å². The van der Waals surface area contributed by atoms with E-state index in [1.54, 1.807) is 6.92 Å². The van der Waals surface area contributed by atoms with Gasteiger partial charge in [0.15, 0.2) is 5.82 Å². The Bertz CT molecular complexity index is 1280. The first-order chi connectivity index (χ1) is 15.2. The zero-order valence-corrected chi connectivity index (χ0v) is 16.7. The van der Waals surface area contributed by atoms with Gasteiger partial charge in [0, 0.05) is 17.4 Å². The SMILES string of the molecule is C[C@@]1(c2cc(NC(=O)c3ccc(C#N)cn3)ccc2F)Cn2c(cnc2C(F)F)C(N)=N1. The summed E-state index contributed by atoms with van der Waals surface area (Å²) in [6.07, 6.45) is -0.374. The number of fused-ring (bicyclic) bond motifs is 1. The number of amidine groups is 1. The first-order valence-electron chi connectivity index (χ1n) is 9.38. The van der Waals surface area contributed by atoms with Crippen molar-refractivity contribution >= 4 is 17.4 Å². The zero-order chi connectivity index (χ0) is 23.0. The Kier molecular flexibility index (Phi) is 5.14. The number of hydrogen-bond acceptors (Lipinski definition) is 6. The van der Waals surface area contributed by atoms with Gasteiger partial charge in [-0.3, -0.25) is 9.79 Å². The molecule has 0 fully saturated rings. The third-order valence-electron chi connectivity index (χ3n) is 5.11. The third kappa shape index (κ3) is 3.66. The van der Waals surface area contributed by atoms with Gasteiger partial charge in [0.05, 0.1) is 18.3 Å². The number of carbonyl (C=O) groups is 1. The van der Waals surface area contributed by atoms with Crippen LogP contribution in [0.25, 0.3) is 0 Å². The van der Waals surface area contributed by atoms with Crippen LogP contribution in [0.4, 0.5) is 18.9 Å². The summed E-state index contributed by atoms with van der Waals surface area (Å²) < 4.78 is 42.7. The molecule has 1 aromatic carbocycles. The normalized spacial score (nSPS) is 17.4. The molecule has 4 rings (SSSR count). The fourth-order valence-corrected chi connectivity index (χ4v) is 3.55. The number of rotatable bonds is 4. The molecule has 3 heterocycles. The Morgan fingerprint density at radius 3 is 2.72 bits per heavy atom. The first kappa shape index (κ1) is 21.0. The minimum absolute atomic E-state index is 0.0474. The van der Waals surface area contributed by atoms with E-state index in [2.05, 4.69) is 20.3 Å². The lowest BCUT2D eigenvalue weighted by molar-refractivity contribution is 0.102. The van der Waals surface area contributed by atoms with Crippen molar-refractivity contribution in [3.05, 3.63) is 76.9 Å². The fourth-order valence-electron chi connectivity index (χ4n) is 3.55. The summed E-state index contributed by atoms with van der Waals surface area (Å²) in [4.78, 5) is 24.4. The van der Waals surface area contributed by atoms with Crippen molar-refractivity contribution < 1.29 is 18.0 Å². The largest absolute Gasteiger partial charge is 0.382 e. The number of carbonyl (C=O) groups excluding carboxylic acids is 1. The van der Waals surface area contributed by atoms with Crippen LogP contribution in [-0.2, 0) is 12.1 Å². The zero-order valence-electron chi connectivity index (χ0n) is 16.7. The molecular formula is C21H16F3N7O. The Labute approximate surface area is 180 Å². The standard InChI is InChI=1S/C21H16F3N7O/c1-21(10-31-16(18(26)30-21)9-28-19(31)17(23)24)13-6-12(3-4-14(13)22)29-20(32)15-5-2-11(7-25)8-27-15/h2-6,8-9,17H,10H2,1H3,(H2,26,30)(H,29,32)/t21-/m0/s1. The number of pyridine rings is 1. The topological polar surface area (TPSA) is 122 Å². The Balaban J connectivity index is 1.66. The van der Waals surface area contributed by atoms with Crippen molar-refractivity contribution in [2.45, 2.75) is 25.4 Å². The van der Waals surface area contributed by atoms with Crippen LogP contribution in [0.15, 0.2) is 47.7 Å². The fraction of sp³-hybridized carbons (Fsp3) is 0.190. The van der Waals surface area contributed by atoms with Crippen LogP contribution < -0.4 is 11.1 Å². The van der Waals surface area contributed by atoms with Crippen molar-refractivity contribution in [3.8, 4) is 6.07 Å². The van der Waals surface area contributed by atoms with Crippen LogP contribution >= 0.6 is 0 Å². The van der Waals surface area contributed by atoms with E-state index < -0.39 is 29.5 Å². The van der Waals surface area contributed by atoms with Gasteiger partial charge in [-0.25, -0.2) is 23.1 Å². The van der Waals surface area contributed by atoms with E-state index in [1.807, 2.05) is 6.07 Å². The van der Waals surface area contributed by atoms with Gasteiger partial charge in [-0.1, -0.05) is 0 Å². The number of benzene rings is 1. The number of amides is 1. The van der Waals surface area contributed by atoms with Crippen LogP contribution in [0.3, 0.4) is 0 Å². The van der Waals surface area contributed by atoms with E-state index in [-0.39, 0.29) is 35.0 Å². The molecule has 0 radical (unpaired) electrons. The average Bonchev–Trinajstić information content (AvgIpc) is 3.19. The van der Waals surface area contributed by atoms with Crippen LogP contribution in [0.1, 0.15) is 46.5 Å². The molecule has 0 spiro atoms. The summed E-state index contributed by atoms with van der Waals surface area (Å²) in [6.45, 7) is 1.44. The molecule has 3 aromatic rings. The highest BCUT2D eigenvalue weighted by molar-refractivity contribution is 6.03. The number of nitriles is 1. The van der Waals surface area contributed by atoms with Crippen LogP contribution in [0, 0.1) is 17.1 Å². The molecule has 8 nitrogen and oxygen atoms in total. The Morgan fingerprint density at radius 2 is 2.06 bits per heavy atom. The molecule has 1 amide bonds. The maximum atomic E-state index is 14.8. The number of halogens is 3. The van der Waals surface area contributed by atoms with E-state index in [0.717, 1.165) is 6.07 Å². The lowest BCUT2D eigenvalue weighted by Crippen LogP contribution is -2.38. The van der Waals surface area contributed by atoms with E-state index in [4.69, 9.17) is 11.0 Å². The molecule has 0 unspecified atom stereocenters. The van der Waals surface area contributed by atoms with Gasteiger partial charge in [-0.05, 0) is 37.3 Å². The summed E-state index contributed by atoms with van der Waals surface area (Å²) in [5.41, 5.74) is 5.54. The second-order valence-electron chi connectivity index (χ2n) is 7.35. The molecule has 0 saturated heterocycles. The first-order valence-corrected chi connectivity index (χ1v) is 9.38. The molecule has 0 bridgehead atoms. The highest BCUT2D eigenvalue weighted by Gasteiger charge is 2.37. The number of aliphatic imine (C=N–C) groups is 1. The number of nitrogens with one attached hydrogen (secondary N) is 1. The van der Waals surface area contributed by atoms with Crippen molar-refractivity contribution in [1.82, 2.24) is 14.5 Å². The number of anilines is 1. The maximum Gasteiger partial charge on any atom is 0.295 e. The highest BCUT2D eigenvalue weighted by Crippen LogP contribution is 2.36. The maximum absolute atomic E-state index is 14.8. The molecule has 162 valence electrons. The van der Waals surface area contributed by atoms with Crippen LogP contribution in [0.2, 0.25) is 0 Å². The van der Waals surface area contributed by atoms with Crippen molar-refractivity contribution in [2.75, 3.05) is 5.32 Å². The van der Waals surface area contributed by atoms with Gasteiger partial charge in [-0.15, -0.1) is 0 Å². The van der Waals surface area contributed by atoms with Crippen molar-refractivity contribution in [3.63, 3.8) is 0 Å². The number of imidazole rings is 1. The summed E-state index contributed by atoms with van der Waals surface area (Å²) in [5, 5.41) is 11.4. The predicted molar refractivity (Wildman–Crippen MR) is 109 cm³/mol. The molecule has 0 aliphatic carbocycles. The van der Waals surface area contributed by atoms with Crippen LogP contribution in [-0.4, -0.2) is 26.3 Å². The average molecular weight is 439 g/mol. The molecule has 32 heavy (non-hydrogen) atoms. The number of nitrogens with zero attached hydrogens (tertiary/aromatic N) is 5. The third-order valence-corrected chi connectivity index (χ3v) is 5.11. The quantitative estimate of drug-likeness (QED) is 0.647. The predicted octanol–water partition coefficient (Wildman–Crippen LogP) is 3.11. The van der Waals surface area contributed by atoms with E-state index >= 15 is 0 Å². The molecule has 1 atom stereocenters. The molecule has 1 aliphatic heterocycles. The molecule has 1 aliphatic rings. The van der Waals surface area contributed by atoms with Gasteiger partial charge in [0.25, 0.3) is 12.3 Å². The lowest BCUT2D eigenvalue weighted by Gasteiger charge is -2.32. The van der Waals surface area contributed by atoms with Gasteiger partial charge < -0.3 is 15.6 Å².